The van der Waals surface area contributed by atoms with E-state index in [0.717, 1.165) is 0 Å². The molecule has 0 amide bonds. The predicted octanol–water partition coefficient (Wildman–Crippen LogP) is 5.24. The predicted molar refractivity (Wildman–Crippen MR) is 91.3 cm³/mol. The molecule has 0 aliphatic heterocycles. The summed E-state index contributed by atoms with van der Waals surface area (Å²) in [6.45, 7) is 9.59. The zero-order valence-corrected chi connectivity index (χ0v) is 21.1. The zero-order chi connectivity index (χ0) is 13.7. The van der Waals surface area contributed by atoms with Crippen molar-refractivity contribution in [3.8, 4) is 0 Å². The van der Waals surface area contributed by atoms with Gasteiger partial charge in [0.05, 0.1) is 0 Å². The van der Waals surface area contributed by atoms with Gasteiger partial charge in [0.2, 0.25) is 0 Å². The molecule has 0 N–H and O–H groups in total. The van der Waals surface area contributed by atoms with Crippen molar-refractivity contribution in [2.24, 2.45) is 0 Å². The van der Waals surface area contributed by atoms with Gasteiger partial charge in [0.25, 0.3) is 0 Å². The van der Waals surface area contributed by atoms with Crippen LogP contribution in [0.4, 0.5) is 0 Å². The van der Waals surface area contributed by atoms with Crippen molar-refractivity contribution in [1.29, 1.82) is 0 Å². The molecule has 0 spiro atoms. The summed E-state index contributed by atoms with van der Waals surface area (Å²) in [6, 6.07) is 3.07. The zero-order valence-electron chi connectivity index (χ0n) is 13.4. The molecule has 0 aliphatic carbocycles. The van der Waals surface area contributed by atoms with Crippen LogP contribution in [0.5, 0.6) is 0 Å². The third kappa shape index (κ3) is 73.3. The van der Waals surface area contributed by atoms with Crippen LogP contribution in [0.15, 0.2) is 0 Å². The molecule has 0 aliphatic rings. The Morgan fingerprint density at radius 2 is 0.688 bits per heavy atom. The van der Waals surface area contributed by atoms with E-state index in [-0.39, 0.29) is 17.6 Å². The molecule has 0 rings (SSSR count). The van der Waals surface area contributed by atoms with Gasteiger partial charge in [-0.15, -0.1) is 0 Å². The van der Waals surface area contributed by atoms with E-state index in [1.807, 2.05) is 0 Å². The van der Waals surface area contributed by atoms with Crippen LogP contribution in [0, 0.1) is 0 Å². The van der Waals surface area contributed by atoms with Gasteiger partial charge in [-0.2, -0.15) is 0 Å². The summed E-state index contributed by atoms with van der Waals surface area (Å²) in [4.78, 5) is 14.2. The molecule has 4 heteroatoms. The quantitative estimate of drug-likeness (QED) is 0.494. The first-order chi connectivity index (χ1) is 7.09. The van der Waals surface area contributed by atoms with E-state index in [0.29, 0.717) is 0 Å². The SMILES string of the molecule is C[Si](C)CC[Si](C)C.[CH3][Sn]([CH3])[CH3].[CH3][Sn]([CH3])[CH3]. The Balaban J connectivity index is -0.000000179. The van der Waals surface area contributed by atoms with Crippen molar-refractivity contribution in [1.82, 2.24) is 0 Å². The molecule has 0 heterocycles. The summed E-state index contributed by atoms with van der Waals surface area (Å²) >= 11 is -1.09. The van der Waals surface area contributed by atoms with E-state index in [2.05, 4.69) is 55.8 Å². The summed E-state index contributed by atoms with van der Waals surface area (Å²) < 4.78 is 0. The Hall–Kier alpha value is 2.03. The normalized spacial score (nSPS) is 10.1. The van der Waals surface area contributed by atoms with E-state index >= 15 is 0 Å². The van der Waals surface area contributed by atoms with Crippen molar-refractivity contribution in [3.05, 3.63) is 0 Å². The third-order valence-corrected chi connectivity index (χ3v) is 4.12. The molecule has 0 aromatic rings. The third-order valence-electron chi connectivity index (χ3n) is 1.12. The van der Waals surface area contributed by atoms with Crippen molar-refractivity contribution in [3.63, 3.8) is 0 Å². The number of hydrogen-bond acceptors (Lipinski definition) is 0. The van der Waals surface area contributed by atoms with Crippen LogP contribution in [-0.4, -0.2) is 57.1 Å². The molecule has 98 valence electrons. The van der Waals surface area contributed by atoms with Crippen molar-refractivity contribution in [2.75, 3.05) is 0 Å². The van der Waals surface area contributed by atoms with Gasteiger partial charge in [0, 0.05) is 17.6 Å². The maximum absolute atomic E-state index is 2.40. The van der Waals surface area contributed by atoms with E-state index in [1.165, 1.54) is 12.1 Å². The molecular formula is C12H34Si2Sn2. The molecule has 0 bridgehead atoms. The molecule has 16 heavy (non-hydrogen) atoms. The van der Waals surface area contributed by atoms with Crippen LogP contribution in [0.25, 0.3) is 0 Å². The van der Waals surface area contributed by atoms with Crippen molar-refractivity contribution < 1.29 is 0 Å². The Kier molecular flexibility index (Phi) is 24.6. The van der Waals surface area contributed by atoms with Crippen molar-refractivity contribution >= 4 is 57.1 Å². The van der Waals surface area contributed by atoms with Crippen LogP contribution in [0.3, 0.4) is 0 Å². The van der Waals surface area contributed by atoms with Gasteiger partial charge in [-0.1, -0.05) is 38.3 Å². The minimum absolute atomic E-state index is 0.0957. The fourth-order valence-electron chi connectivity index (χ4n) is 0.500. The second kappa shape index (κ2) is 17.0. The Morgan fingerprint density at radius 1 is 0.562 bits per heavy atom. The van der Waals surface area contributed by atoms with Gasteiger partial charge in [-0.25, -0.2) is 0 Å². The molecule has 0 saturated heterocycles. The average molecular weight is 472 g/mol. The molecule has 4 radical (unpaired) electrons. The van der Waals surface area contributed by atoms with E-state index in [9.17, 15) is 0 Å². The maximum atomic E-state index is 2.40. The second-order valence-corrected chi connectivity index (χ2v) is 28.9. The van der Waals surface area contributed by atoms with Crippen LogP contribution in [0.2, 0.25) is 67.9 Å². The molecule has 0 aromatic heterocycles. The molecule has 0 fully saturated rings. The van der Waals surface area contributed by atoms with Crippen molar-refractivity contribution in [2.45, 2.75) is 67.9 Å². The van der Waals surface area contributed by atoms with Gasteiger partial charge >= 0.3 is 69.2 Å². The fraction of sp³-hybridized carbons (Fsp3) is 1.00. The van der Waals surface area contributed by atoms with Gasteiger partial charge in [0.15, 0.2) is 0 Å². The van der Waals surface area contributed by atoms with Crippen LogP contribution < -0.4 is 0 Å². The van der Waals surface area contributed by atoms with Gasteiger partial charge in [-0.3, -0.25) is 0 Å². The van der Waals surface area contributed by atoms with Crippen LogP contribution >= 0.6 is 0 Å². The van der Waals surface area contributed by atoms with Crippen LogP contribution in [-0.2, 0) is 0 Å². The van der Waals surface area contributed by atoms with E-state index in [4.69, 9.17) is 0 Å². The summed E-state index contributed by atoms with van der Waals surface area (Å²) in [5, 5.41) is 0. The summed E-state index contributed by atoms with van der Waals surface area (Å²) in [5.74, 6) is 0. The summed E-state index contributed by atoms with van der Waals surface area (Å²) in [6.07, 6.45) is 0. The Morgan fingerprint density at radius 3 is 0.750 bits per heavy atom. The second-order valence-electron chi connectivity index (χ2n) is 5.91. The molecule has 0 saturated carbocycles. The fourth-order valence-corrected chi connectivity index (χ4v) is 4.50. The first-order valence-corrected chi connectivity index (χ1v) is 28.7. The van der Waals surface area contributed by atoms with E-state index < -0.39 is 39.5 Å². The Bertz CT molecular complexity index is 96.1. The van der Waals surface area contributed by atoms with Crippen LogP contribution in [0.1, 0.15) is 0 Å². The first kappa shape index (κ1) is 23.1. The minimum atomic E-state index is -0.543. The standard InChI is InChI=1S/C6H16Si2.6CH3.2Sn/c1-7(2)5-6-8(3)4;;;;;;;;/h5-6H2,1-4H3;6*1H3;;. The van der Waals surface area contributed by atoms with E-state index in [1.54, 1.807) is 0 Å². The van der Waals surface area contributed by atoms with Gasteiger partial charge in [0.1, 0.15) is 0 Å². The molecular weight excluding hydrogens is 438 g/mol. The summed E-state index contributed by atoms with van der Waals surface area (Å²) in [5.41, 5.74) is 0. The van der Waals surface area contributed by atoms with Gasteiger partial charge < -0.3 is 0 Å². The Labute approximate surface area is 124 Å². The summed E-state index contributed by atoms with van der Waals surface area (Å²) in [7, 11) is 0.191. The molecule has 0 nitrogen and oxygen atoms in total. The molecule has 0 atom stereocenters. The van der Waals surface area contributed by atoms with Gasteiger partial charge in [-0.05, 0) is 0 Å². The number of rotatable bonds is 3. The first-order valence-electron chi connectivity index (χ1n) is 6.21. The topological polar surface area (TPSA) is 0 Å². The molecule has 0 unspecified atom stereocenters. The monoisotopic (exact) mass is 474 g/mol. The molecule has 0 aromatic carbocycles. The number of hydrogen-bond donors (Lipinski definition) is 0. The average Bonchev–Trinajstić information content (AvgIpc) is 1.98.